The molecule has 0 amide bonds. The van der Waals surface area contributed by atoms with E-state index in [4.69, 9.17) is 0 Å². The highest BCUT2D eigenvalue weighted by atomic mass is 19.1. The molecule has 1 atom stereocenters. The number of aliphatic hydroxyl groups excluding tert-OH is 1. The minimum absolute atomic E-state index is 0.0108. The predicted molar refractivity (Wildman–Crippen MR) is 141 cm³/mol. The predicted octanol–water partition coefficient (Wildman–Crippen LogP) is 6.68. The molecule has 1 aromatic carbocycles. The van der Waals surface area contributed by atoms with E-state index in [1.807, 2.05) is 13.0 Å². The van der Waals surface area contributed by atoms with Gasteiger partial charge in [0.05, 0.1) is 17.4 Å². The number of carbonyl (C=O) groups is 1. The normalized spacial score (nSPS) is 21.0. The molecule has 6 heteroatoms. The molecule has 2 aliphatic carbocycles. The van der Waals surface area contributed by atoms with E-state index in [9.17, 15) is 14.3 Å². The summed E-state index contributed by atoms with van der Waals surface area (Å²) in [5.41, 5.74) is 3.80. The molecule has 0 unspecified atom stereocenters. The molecular formula is C30H44FN3O2. The Bertz CT molecular complexity index is 1050. The number of hydrogen-bond donors (Lipinski definition) is 1. The molecule has 1 N–H and O–H groups in total. The molecule has 2 aliphatic rings. The third-order valence-corrected chi connectivity index (χ3v) is 8.82. The van der Waals surface area contributed by atoms with Gasteiger partial charge in [0.15, 0.2) is 0 Å². The third kappa shape index (κ3) is 6.24. The van der Waals surface area contributed by atoms with E-state index in [-0.39, 0.29) is 30.5 Å². The van der Waals surface area contributed by atoms with Crippen molar-refractivity contribution in [2.75, 3.05) is 6.61 Å². The highest BCUT2D eigenvalue weighted by Crippen LogP contribution is 2.50. The molecule has 2 fully saturated rings. The molecule has 0 radical (unpaired) electrons. The van der Waals surface area contributed by atoms with Crippen LogP contribution in [0.2, 0.25) is 0 Å². The molecule has 0 saturated heterocycles. The lowest BCUT2D eigenvalue weighted by Crippen LogP contribution is -2.33. The summed E-state index contributed by atoms with van der Waals surface area (Å²) < 4.78 is 16.5. The van der Waals surface area contributed by atoms with Crippen LogP contribution in [0.1, 0.15) is 119 Å². The van der Waals surface area contributed by atoms with Crippen molar-refractivity contribution in [3.8, 4) is 0 Å². The average molecular weight is 498 g/mol. The molecule has 1 aromatic heterocycles. The second kappa shape index (κ2) is 11.1. The molecule has 1 heterocycles. The Kier molecular flexibility index (Phi) is 8.33. The lowest BCUT2D eigenvalue weighted by molar-refractivity contribution is -0.118. The smallest absolute Gasteiger partial charge is 0.138 e. The van der Waals surface area contributed by atoms with Gasteiger partial charge in [-0.2, -0.15) is 0 Å². The number of aryl methyl sites for hydroxylation is 1. The van der Waals surface area contributed by atoms with Gasteiger partial charge < -0.3 is 5.11 Å². The first-order valence-electron chi connectivity index (χ1n) is 13.9. The number of hydrogen-bond acceptors (Lipinski definition) is 4. The highest BCUT2D eigenvalue weighted by molar-refractivity contribution is 5.81. The van der Waals surface area contributed by atoms with Crippen molar-refractivity contribution in [2.45, 2.75) is 110 Å². The third-order valence-electron chi connectivity index (χ3n) is 8.82. The van der Waals surface area contributed by atoms with Crippen molar-refractivity contribution in [1.29, 1.82) is 0 Å². The molecule has 4 rings (SSSR count). The Morgan fingerprint density at radius 3 is 2.58 bits per heavy atom. The number of aliphatic hydroxyl groups is 1. The van der Waals surface area contributed by atoms with Gasteiger partial charge in [-0.05, 0) is 86.3 Å². The van der Waals surface area contributed by atoms with Crippen molar-refractivity contribution >= 4 is 5.78 Å². The zero-order chi connectivity index (χ0) is 26.0. The fourth-order valence-electron chi connectivity index (χ4n) is 5.70. The maximum atomic E-state index is 14.4. The van der Waals surface area contributed by atoms with E-state index in [0.717, 1.165) is 42.9 Å². The summed E-state index contributed by atoms with van der Waals surface area (Å²) in [6.45, 7) is 11.3. The number of aromatic nitrogens is 3. The topological polar surface area (TPSA) is 68.0 Å². The number of carbonyl (C=O) groups excluding carboxylic acids is 1. The number of halogens is 1. The minimum Gasteiger partial charge on any atom is -0.396 e. The van der Waals surface area contributed by atoms with Crippen LogP contribution in [0.4, 0.5) is 4.39 Å². The minimum atomic E-state index is -0.319. The number of ketones is 1. The maximum Gasteiger partial charge on any atom is 0.138 e. The molecule has 0 aliphatic heterocycles. The SMILES string of the molecule is Cc1ccc(CC(=O)C[C@H](CCCO)c2nnn(C3CC(CC(C)(C)C(C)C)C3)c2C2CC2)c(F)c1. The average Bonchev–Trinajstić information content (AvgIpc) is 3.54. The largest absolute Gasteiger partial charge is 0.396 e. The van der Waals surface area contributed by atoms with E-state index < -0.39 is 0 Å². The Morgan fingerprint density at radius 1 is 1.25 bits per heavy atom. The van der Waals surface area contributed by atoms with Gasteiger partial charge in [0.2, 0.25) is 0 Å². The summed E-state index contributed by atoms with van der Waals surface area (Å²) in [7, 11) is 0. The molecule has 198 valence electrons. The van der Waals surface area contributed by atoms with Crippen molar-refractivity contribution < 1.29 is 14.3 Å². The van der Waals surface area contributed by atoms with Crippen LogP contribution in [0.15, 0.2) is 18.2 Å². The monoisotopic (exact) mass is 497 g/mol. The van der Waals surface area contributed by atoms with Gasteiger partial charge >= 0.3 is 0 Å². The maximum absolute atomic E-state index is 14.4. The summed E-state index contributed by atoms with van der Waals surface area (Å²) in [5, 5.41) is 18.8. The summed E-state index contributed by atoms with van der Waals surface area (Å²) in [5.74, 6) is 1.47. The molecule has 2 aromatic rings. The Hall–Kier alpha value is -2.08. The van der Waals surface area contributed by atoms with Crippen LogP contribution in [-0.2, 0) is 11.2 Å². The lowest BCUT2D eigenvalue weighted by atomic mass is 9.67. The van der Waals surface area contributed by atoms with E-state index >= 15 is 0 Å². The quantitative estimate of drug-likeness (QED) is 0.335. The van der Waals surface area contributed by atoms with Gasteiger partial charge in [0.25, 0.3) is 0 Å². The molecule has 2 saturated carbocycles. The van der Waals surface area contributed by atoms with Gasteiger partial charge in [-0.15, -0.1) is 5.10 Å². The fourth-order valence-corrected chi connectivity index (χ4v) is 5.70. The molecule has 0 bridgehead atoms. The number of benzene rings is 1. The van der Waals surface area contributed by atoms with E-state index in [0.29, 0.717) is 48.1 Å². The fraction of sp³-hybridized carbons (Fsp3) is 0.700. The van der Waals surface area contributed by atoms with Crippen LogP contribution in [0.5, 0.6) is 0 Å². The first-order chi connectivity index (χ1) is 17.1. The summed E-state index contributed by atoms with van der Waals surface area (Å²) >= 11 is 0. The zero-order valence-corrected chi connectivity index (χ0v) is 22.8. The van der Waals surface area contributed by atoms with Gasteiger partial charge in [0.1, 0.15) is 11.6 Å². The van der Waals surface area contributed by atoms with Crippen LogP contribution in [0.3, 0.4) is 0 Å². The van der Waals surface area contributed by atoms with Crippen LogP contribution in [-0.4, -0.2) is 32.5 Å². The van der Waals surface area contributed by atoms with E-state index in [1.54, 1.807) is 6.07 Å². The first-order valence-corrected chi connectivity index (χ1v) is 13.9. The van der Waals surface area contributed by atoms with Crippen LogP contribution >= 0.6 is 0 Å². The van der Waals surface area contributed by atoms with Crippen molar-refractivity contribution in [1.82, 2.24) is 15.0 Å². The second-order valence-electron chi connectivity index (χ2n) is 12.5. The van der Waals surface area contributed by atoms with Gasteiger partial charge in [0, 0.05) is 31.3 Å². The Balaban J connectivity index is 1.48. The second-order valence-corrected chi connectivity index (χ2v) is 12.5. The van der Waals surface area contributed by atoms with Gasteiger partial charge in [-0.1, -0.05) is 45.0 Å². The van der Waals surface area contributed by atoms with Crippen LogP contribution < -0.4 is 0 Å². The Labute approximate surface area is 215 Å². The molecule has 0 spiro atoms. The first kappa shape index (κ1) is 27.0. The number of nitrogens with zero attached hydrogens (tertiary/aromatic N) is 3. The zero-order valence-electron chi connectivity index (χ0n) is 22.8. The lowest BCUT2D eigenvalue weighted by Gasteiger charge is -2.42. The van der Waals surface area contributed by atoms with Crippen molar-refractivity contribution in [3.05, 3.63) is 46.5 Å². The van der Waals surface area contributed by atoms with E-state index in [1.165, 1.54) is 18.2 Å². The van der Waals surface area contributed by atoms with Crippen molar-refractivity contribution in [2.24, 2.45) is 17.3 Å². The van der Waals surface area contributed by atoms with Crippen LogP contribution in [0.25, 0.3) is 0 Å². The Morgan fingerprint density at radius 2 is 1.97 bits per heavy atom. The number of Topliss-reactive ketones (excluding diaryl/α,β-unsaturated/α-hetero) is 1. The van der Waals surface area contributed by atoms with Gasteiger partial charge in [-0.25, -0.2) is 9.07 Å². The molecule has 36 heavy (non-hydrogen) atoms. The van der Waals surface area contributed by atoms with Gasteiger partial charge in [-0.3, -0.25) is 4.79 Å². The molecular weight excluding hydrogens is 453 g/mol. The number of rotatable bonds is 13. The molecule has 5 nitrogen and oxygen atoms in total. The summed E-state index contributed by atoms with van der Waals surface area (Å²) in [4.78, 5) is 13.0. The van der Waals surface area contributed by atoms with Crippen LogP contribution in [0, 0.1) is 30.0 Å². The van der Waals surface area contributed by atoms with Crippen molar-refractivity contribution in [3.63, 3.8) is 0 Å². The summed E-state index contributed by atoms with van der Waals surface area (Å²) in [6, 6.07) is 5.44. The summed E-state index contributed by atoms with van der Waals surface area (Å²) in [6.07, 6.45) is 7.52. The standard InChI is InChI=1S/C30H44FN3O2/c1-19(2)30(4,5)18-21-14-25(15-21)34-29(22-10-11-22)28(32-33-34)24(7-6-12-35)17-26(36)16-23-9-8-20(3)13-27(23)31/h8-9,13,19,21-22,24-25,35H,6-7,10-12,14-18H2,1-5H3/t21?,24-,25?/m0/s1. The van der Waals surface area contributed by atoms with E-state index in [2.05, 4.69) is 42.7 Å². The highest BCUT2D eigenvalue weighted by Gasteiger charge is 2.41.